The van der Waals surface area contributed by atoms with Gasteiger partial charge in [0.25, 0.3) is 5.56 Å². The van der Waals surface area contributed by atoms with Gasteiger partial charge in [-0.05, 0) is 19.8 Å². The average Bonchev–Trinajstić information content (AvgIpc) is 3.19. The largest absolute Gasteiger partial charge is 0.462 e. The van der Waals surface area contributed by atoms with E-state index >= 15 is 0 Å². The van der Waals surface area contributed by atoms with Gasteiger partial charge in [0.15, 0.2) is 5.65 Å². The lowest BCUT2D eigenvalue weighted by atomic mass is 9.98. The molecule has 0 atom stereocenters. The van der Waals surface area contributed by atoms with Gasteiger partial charge in [-0.15, -0.1) is 0 Å². The number of aromatic amines is 1. The molecule has 0 bridgehead atoms. The zero-order chi connectivity index (χ0) is 16.4. The van der Waals surface area contributed by atoms with Crippen LogP contribution in [0.4, 0.5) is 0 Å². The molecule has 0 unspecified atom stereocenters. The first kappa shape index (κ1) is 15.7. The van der Waals surface area contributed by atoms with Crippen LogP contribution in [0.3, 0.4) is 0 Å². The lowest BCUT2D eigenvalue weighted by molar-refractivity contribution is 0.0528. The monoisotopic (exact) mass is 319 g/mol. The van der Waals surface area contributed by atoms with E-state index in [-0.39, 0.29) is 36.7 Å². The molecule has 0 amide bonds. The fraction of sp³-hybridized carbons (Fsp3) is 0.562. The first-order valence-corrected chi connectivity index (χ1v) is 8.08. The number of carbonyl (C=O) groups excluding carboxylic acids is 1. The van der Waals surface area contributed by atoms with Gasteiger partial charge in [-0.1, -0.05) is 12.8 Å². The number of ether oxygens (including phenoxy) is 1. The number of carbonyl (C=O) groups is 1. The van der Waals surface area contributed by atoms with E-state index < -0.39 is 5.97 Å². The number of fused-ring (bicyclic) bond motifs is 1. The topological polar surface area (TPSA) is 96.7 Å². The van der Waals surface area contributed by atoms with E-state index in [0.29, 0.717) is 11.2 Å². The summed E-state index contributed by atoms with van der Waals surface area (Å²) in [5.41, 5.74) is 1.58. The van der Waals surface area contributed by atoms with Crippen molar-refractivity contribution in [1.82, 2.24) is 14.6 Å². The molecule has 2 heterocycles. The molecule has 2 aromatic heterocycles. The van der Waals surface area contributed by atoms with Crippen LogP contribution < -0.4 is 5.56 Å². The van der Waals surface area contributed by atoms with Crippen molar-refractivity contribution in [3.05, 3.63) is 33.4 Å². The molecule has 1 fully saturated rings. The number of nitrogens with one attached hydrogen (secondary N) is 1. The van der Waals surface area contributed by atoms with E-state index in [1.165, 1.54) is 10.7 Å². The van der Waals surface area contributed by atoms with Gasteiger partial charge < -0.3 is 9.84 Å². The van der Waals surface area contributed by atoms with Crippen molar-refractivity contribution in [2.45, 2.75) is 44.9 Å². The Morgan fingerprint density at radius 3 is 2.87 bits per heavy atom. The molecule has 124 valence electrons. The minimum Gasteiger partial charge on any atom is -0.462 e. The van der Waals surface area contributed by atoms with E-state index in [4.69, 9.17) is 4.74 Å². The summed E-state index contributed by atoms with van der Waals surface area (Å²) in [4.78, 5) is 29.4. The molecule has 1 saturated carbocycles. The Kier molecular flexibility index (Phi) is 4.47. The maximum atomic E-state index is 12.7. The summed E-state index contributed by atoms with van der Waals surface area (Å²) in [5, 5.41) is 12.1. The third-order valence-electron chi connectivity index (χ3n) is 4.39. The van der Waals surface area contributed by atoms with E-state index in [9.17, 15) is 14.7 Å². The van der Waals surface area contributed by atoms with Crippen molar-refractivity contribution >= 4 is 11.6 Å². The van der Waals surface area contributed by atoms with Gasteiger partial charge in [0.05, 0.1) is 12.3 Å². The van der Waals surface area contributed by atoms with Crippen LogP contribution >= 0.6 is 0 Å². The normalized spacial score (nSPS) is 15.4. The number of rotatable bonds is 5. The van der Waals surface area contributed by atoms with E-state index in [2.05, 4.69) is 10.1 Å². The fourth-order valence-electron chi connectivity index (χ4n) is 3.31. The van der Waals surface area contributed by atoms with E-state index in [0.717, 1.165) is 31.4 Å². The maximum absolute atomic E-state index is 12.7. The van der Waals surface area contributed by atoms with Gasteiger partial charge in [-0.2, -0.15) is 0 Å². The average molecular weight is 319 g/mol. The summed E-state index contributed by atoms with van der Waals surface area (Å²) in [6.45, 7) is 1.89. The third-order valence-corrected chi connectivity index (χ3v) is 4.39. The predicted octanol–water partition coefficient (Wildman–Crippen LogP) is 1.39. The van der Waals surface area contributed by atoms with Crippen molar-refractivity contribution in [2.75, 3.05) is 13.2 Å². The van der Waals surface area contributed by atoms with Crippen LogP contribution in [0.2, 0.25) is 0 Å². The number of hydrogen-bond donors (Lipinski definition) is 2. The van der Waals surface area contributed by atoms with Gasteiger partial charge in [0, 0.05) is 30.7 Å². The molecule has 3 rings (SSSR count). The molecule has 0 spiro atoms. The van der Waals surface area contributed by atoms with Crippen LogP contribution in [0.25, 0.3) is 5.65 Å². The second kappa shape index (κ2) is 6.54. The molecule has 2 aromatic rings. The molecule has 7 nitrogen and oxygen atoms in total. The zero-order valence-electron chi connectivity index (χ0n) is 13.2. The summed E-state index contributed by atoms with van der Waals surface area (Å²) in [6, 6.07) is 0. The Morgan fingerprint density at radius 1 is 1.48 bits per heavy atom. The minimum atomic E-state index is -0.495. The molecule has 1 aliphatic carbocycles. The van der Waals surface area contributed by atoms with Gasteiger partial charge in [-0.25, -0.2) is 14.3 Å². The molecule has 0 aliphatic heterocycles. The lowest BCUT2D eigenvalue weighted by Crippen LogP contribution is -2.25. The highest BCUT2D eigenvalue weighted by molar-refractivity contribution is 5.95. The number of H-pyrrole nitrogens is 1. The Balaban J connectivity index is 2.18. The number of esters is 1. The fourth-order valence-corrected chi connectivity index (χ4v) is 3.31. The highest BCUT2D eigenvalue weighted by Crippen LogP contribution is 2.34. The van der Waals surface area contributed by atoms with Gasteiger partial charge in [0.1, 0.15) is 5.56 Å². The summed E-state index contributed by atoms with van der Waals surface area (Å²) >= 11 is 0. The predicted molar refractivity (Wildman–Crippen MR) is 83.8 cm³/mol. The van der Waals surface area contributed by atoms with Crippen LogP contribution in [0.1, 0.15) is 60.1 Å². The SMILES string of the molecule is CCOC(=O)c1c[nH]n2c(=O)c(CCO)c(C3CCCC3)nc12. The van der Waals surface area contributed by atoms with Crippen molar-refractivity contribution in [3.8, 4) is 0 Å². The molecule has 7 heteroatoms. The molecular formula is C16H21N3O4. The Hall–Kier alpha value is -2.15. The quantitative estimate of drug-likeness (QED) is 0.812. The van der Waals surface area contributed by atoms with Crippen LogP contribution in [-0.2, 0) is 11.2 Å². The van der Waals surface area contributed by atoms with Crippen LogP contribution in [0, 0.1) is 0 Å². The van der Waals surface area contributed by atoms with Crippen LogP contribution in [-0.4, -0.2) is 38.9 Å². The van der Waals surface area contributed by atoms with Crippen molar-refractivity contribution in [1.29, 1.82) is 0 Å². The number of aromatic nitrogens is 3. The molecule has 0 radical (unpaired) electrons. The Labute approximate surface area is 133 Å². The van der Waals surface area contributed by atoms with Crippen molar-refractivity contribution in [3.63, 3.8) is 0 Å². The van der Waals surface area contributed by atoms with Crippen LogP contribution in [0.15, 0.2) is 11.0 Å². The number of aliphatic hydroxyl groups excluding tert-OH is 1. The number of nitrogens with zero attached hydrogens (tertiary/aromatic N) is 2. The molecule has 0 aromatic carbocycles. The second-order valence-corrected chi connectivity index (χ2v) is 5.80. The molecule has 1 aliphatic rings. The zero-order valence-corrected chi connectivity index (χ0v) is 13.2. The third kappa shape index (κ3) is 2.76. The second-order valence-electron chi connectivity index (χ2n) is 5.80. The van der Waals surface area contributed by atoms with E-state index in [1.54, 1.807) is 6.92 Å². The number of aliphatic hydroxyl groups is 1. The van der Waals surface area contributed by atoms with Crippen molar-refractivity contribution < 1.29 is 14.6 Å². The van der Waals surface area contributed by atoms with Crippen LogP contribution in [0.5, 0.6) is 0 Å². The smallest absolute Gasteiger partial charge is 0.343 e. The summed E-state index contributed by atoms with van der Waals surface area (Å²) in [6.07, 6.45) is 5.92. The van der Waals surface area contributed by atoms with Crippen molar-refractivity contribution in [2.24, 2.45) is 0 Å². The standard InChI is InChI=1S/C16H21N3O4/c1-2-23-16(22)12-9-17-19-14(12)18-13(10-5-3-4-6-10)11(7-8-20)15(19)21/h9-10,17,20H,2-8H2,1H3. The minimum absolute atomic E-state index is 0.103. The highest BCUT2D eigenvalue weighted by atomic mass is 16.5. The Morgan fingerprint density at radius 2 is 2.22 bits per heavy atom. The Bertz CT molecular complexity index is 771. The summed E-state index contributed by atoms with van der Waals surface area (Å²) < 4.78 is 6.28. The van der Waals surface area contributed by atoms with Gasteiger partial charge in [0.2, 0.25) is 0 Å². The summed E-state index contributed by atoms with van der Waals surface area (Å²) in [5.74, 6) is -0.273. The molecule has 2 N–H and O–H groups in total. The first-order chi connectivity index (χ1) is 11.2. The lowest BCUT2D eigenvalue weighted by Gasteiger charge is -2.14. The first-order valence-electron chi connectivity index (χ1n) is 8.08. The van der Waals surface area contributed by atoms with Gasteiger partial charge >= 0.3 is 5.97 Å². The number of hydrogen-bond acceptors (Lipinski definition) is 5. The molecule has 23 heavy (non-hydrogen) atoms. The highest BCUT2D eigenvalue weighted by Gasteiger charge is 2.26. The summed E-state index contributed by atoms with van der Waals surface area (Å²) in [7, 11) is 0. The molecular weight excluding hydrogens is 298 g/mol. The van der Waals surface area contributed by atoms with Gasteiger partial charge in [-0.3, -0.25) is 9.89 Å². The molecule has 0 saturated heterocycles. The maximum Gasteiger partial charge on any atom is 0.343 e. The van der Waals surface area contributed by atoms with E-state index in [1.807, 2.05) is 0 Å².